The van der Waals surface area contributed by atoms with Gasteiger partial charge in [-0.2, -0.15) is 0 Å². The molecule has 3 aromatic carbocycles. The molecule has 0 saturated heterocycles. The highest BCUT2D eigenvalue weighted by molar-refractivity contribution is 6.08. The zero-order chi connectivity index (χ0) is 19.5. The van der Waals surface area contributed by atoms with Crippen molar-refractivity contribution in [2.45, 2.75) is 32.6 Å². The molecule has 140 valence electrons. The summed E-state index contributed by atoms with van der Waals surface area (Å²) in [4.78, 5) is 17.5. The molecule has 1 heterocycles. The number of aromatic nitrogens is 2. The topological polar surface area (TPSA) is 63.1 Å². The van der Waals surface area contributed by atoms with Gasteiger partial charge in [-0.3, -0.25) is 0 Å². The standard InChI is InChI=1S/C18H16.C6H6N2O2/c1-3-7-15-13(5-1)9-11-18-16-8-4-2-6-14(16)10-12-17(15)18;1-4-2-5(6(9)10)8-3-7-4/h1,3,5,7,9-12H,2,4,6,8H2;2-3H,1H3,(H,9,10). The Labute approximate surface area is 163 Å². The molecule has 0 atom stereocenters. The summed E-state index contributed by atoms with van der Waals surface area (Å²) in [6, 6.07) is 19.4. The number of aromatic carboxylic acids is 1. The van der Waals surface area contributed by atoms with Crippen LogP contribution in [-0.4, -0.2) is 21.0 Å². The lowest BCUT2D eigenvalue weighted by Crippen LogP contribution is -2.02. The van der Waals surface area contributed by atoms with E-state index in [1.165, 1.54) is 59.6 Å². The van der Waals surface area contributed by atoms with Crippen LogP contribution >= 0.6 is 0 Å². The highest BCUT2D eigenvalue weighted by atomic mass is 16.4. The molecule has 0 saturated carbocycles. The van der Waals surface area contributed by atoms with Crippen molar-refractivity contribution in [1.29, 1.82) is 0 Å². The van der Waals surface area contributed by atoms with Crippen LogP contribution in [0.3, 0.4) is 0 Å². The number of hydrogen-bond acceptors (Lipinski definition) is 3. The fraction of sp³-hybridized carbons (Fsp3) is 0.208. The van der Waals surface area contributed by atoms with Crippen LogP contribution in [0.1, 0.15) is 40.2 Å². The van der Waals surface area contributed by atoms with Crippen LogP contribution in [0.15, 0.2) is 60.9 Å². The smallest absolute Gasteiger partial charge is 0.354 e. The Hall–Kier alpha value is -3.27. The van der Waals surface area contributed by atoms with E-state index in [2.05, 4.69) is 58.5 Å². The van der Waals surface area contributed by atoms with Gasteiger partial charge in [-0.05, 0) is 71.3 Å². The first-order chi connectivity index (χ1) is 13.6. The maximum atomic E-state index is 10.3. The highest BCUT2D eigenvalue weighted by Crippen LogP contribution is 2.33. The Kier molecular flexibility index (Phi) is 5.02. The van der Waals surface area contributed by atoms with Crippen molar-refractivity contribution >= 4 is 27.5 Å². The lowest BCUT2D eigenvalue weighted by Gasteiger charge is -2.18. The number of carboxylic acids is 1. The van der Waals surface area contributed by atoms with Gasteiger partial charge in [0.2, 0.25) is 0 Å². The highest BCUT2D eigenvalue weighted by Gasteiger charge is 2.13. The van der Waals surface area contributed by atoms with E-state index in [-0.39, 0.29) is 5.69 Å². The fourth-order valence-corrected chi connectivity index (χ4v) is 3.91. The summed E-state index contributed by atoms with van der Waals surface area (Å²) >= 11 is 0. The van der Waals surface area contributed by atoms with Crippen LogP contribution in [0.4, 0.5) is 0 Å². The Morgan fingerprint density at radius 2 is 1.68 bits per heavy atom. The molecule has 0 fully saturated rings. The average Bonchev–Trinajstić information content (AvgIpc) is 2.73. The van der Waals surface area contributed by atoms with Crippen LogP contribution < -0.4 is 0 Å². The fourth-order valence-electron chi connectivity index (χ4n) is 3.91. The largest absolute Gasteiger partial charge is 0.477 e. The normalized spacial score (nSPS) is 12.9. The van der Waals surface area contributed by atoms with E-state index in [4.69, 9.17) is 5.11 Å². The Morgan fingerprint density at radius 3 is 2.46 bits per heavy atom. The molecule has 1 aliphatic rings. The minimum absolute atomic E-state index is 0.0347. The molecule has 4 aromatic rings. The first kappa shape index (κ1) is 18.1. The molecule has 1 N–H and O–H groups in total. The Balaban J connectivity index is 0.000000165. The second kappa shape index (κ2) is 7.77. The molecular weight excluding hydrogens is 348 g/mol. The predicted molar refractivity (Wildman–Crippen MR) is 112 cm³/mol. The lowest BCUT2D eigenvalue weighted by atomic mass is 9.86. The van der Waals surface area contributed by atoms with Crippen LogP contribution in [0.5, 0.6) is 0 Å². The van der Waals surface area contributed by atoms with E-state index in [0.717, 1.165) is 0 Å². The van der Waals surface area contributed by atoms with Crippen molar-refractivity contribution in [1.82, 2.24) is 9.97 Å². The number of rotatable bonds is 1. The van der Waals surface area contributed by atoms with E-state index >= 15 is 0 Å². The van der Waals surface area contributed by atoms with E-state index in [1.54, 1.807) is 18.1 Å². The van der Waals surface area contributed by atoms with Crippen molar-refractivity contribution in [3.8, 4) is 0 Å². The van der Waals surface area contributed by atoms with Crippen molar-refractivity contribution < 1.29 is 9.90 Å². The summed E-state index contributed by atoms with van der Waals surface area (Å²) in [6.07, 6.45) is 6.45. The third-order valence-corrected chi connectivity index (χ3v) is 5.28. The monoisotopic (exact) mass is 370 g/mol. The summed E-state index contributed by atoms with van der Waals surface area (Å²) in [6.45, 7) is 1.72. The first-order valence-corrected chi connectivity index (χ1v) is 9.57. The average molecular weight is 370 g/mol. The summed E-state index contributed by atoms with van der Waals surface area (Å²) < 4.78 is 0. The SMILES string of the molecule is Cc1cc(C(=O)O)ncn1.c1ccc2c(c1)ccc1c3c(ccc12)CCCC3. The molecule has 0 amide bonds. The molecule has 0 aliphatic heterocycles. The van der Waals surface area contributed by atoms with Gasteiger partial charge in [0.15, 0.2) is 5.69 Å². The van der Waals surface area contributed by atoms with Crippen LogP contribution in [-0.2, 0) is 12.8 Å². The third kappa shape index (κ3) is 3.58. The summed E-state index contributed by atoms with van der Waals surface area (Å²) in [5.74, 6) is -1.02. The third-order valence-electron chi connectivity index (χ3n) is 5.28. The number of fused-ring (bicyclic) bond motifs is 5. The van der Waals surface area contributed by atoms with E-state index in [0.29, 0.717) is 5.69 Å². The predicted octanol–water partition coefficient (Wildman–Crippen LogP) is 5.36. The Bertz CT molecular complexity index is 1170. The van der Waals surface area contributed by atoms with Crippen molar-refractivity contribution in [2.75, 3.05) is 0 Å². The molecule has 0 bridgehead atoms. The minimum atomic E-state index is -1.02. The van der Waals surface area contributed by atoms with E-state index < -0.39 is 5.97 Å². The van der Waals surface area contributed by atoms with Crippen LogP contribution in [0.2, 0.25) is 0 Å². The zero-order valence-electron chi connectivity index (χ0n) is 15.9. The molecule has 1 aromatic heterocycles. The van der Waals surface area contributed by atoms with Crippen molar-refractivity contribution in [3.05, 3.63) is 83.4 Å². The van der Waals surface area contributed by atoms with Gasteiger partial charge in [0.25, 0.3) is 0 Å². The quantitative estimate of drug-likeness (QED) is 0.459. The second-order valence-corrected chi connectivity index (χ2v) is 7.14. The zero-order valence-corrected chi connectivity index (χ0v) is 15.9. The molecule has 5 rings (SSSR count). The molecule has 0 radical (unpaired) electrons. The summed E-state index contributed by atoms with van der Waals surface area (Å²) in [5, 5.41) is 14.1. The van der Waals surface area contributed by atoms with Gasteiger partial charge in [0.1, 0.15) is 6.33 Å². The van der Waals surface area contributed by atoms with Gasteiger partial charge in [-0.25, -0.2) is 14.8 Å². The molecule has 0 unspecified atom stereocenters. The number of hydrogen-bond donors (Lipinski definition) is 1. The number of carbonyl (C=O) groups is 1. The number of nitrogens with zero attached hydrogens (tertiary/aromatic N) is 2. The lowest BCUT2D eigenvalue weighted by molar-refractivity contribution is 0.0690. The molecule has 4 heteroatoms. The minimum Gasteiger partial charge on any atom is -0.477 e. The molecule has 4 nitrogen and oxygen atoms in total. The summed E-state index contributed by atoms with van der Waals surface area (Å²) in [7, 11) is 0. The first-order valence-electron chi connectivity index (χ1n) is 9.57. The number of carboxylic acid groups (broad SMARTS) is 1. The van der Waals surface area contributed by atoms with Crippen molar-refractivity contribution in [2.24, 2.45) is 0 Å². The molecule has 0 spiro atoms. The van der Waals surface area contributed by atoms with E-state index in [9.17, 15) is 4.79 Å². The molecule has 1 aliphatic carbocycles. The van der Waals surface area contributed by atoms with Gasteiger partial charge in [-0.1, -0.05) is 48.5 Å². The second-order valence-electron chi connectivity index (χ2n) is 7.14. The number of aryl methyl sites for hydroxylation is 3. The maximum absolute atomic E-state index is 10.3. The maximum Gasteiger partial charge on any atom is 0.354 e. The number of benzene rings is 3. The molecule has 28 heavy (non-hydrogen) atoms. The Morgan fingerprint density at radius 1 is 0.893 bits per heavy atom. The van der Waals surface area contributed by atoms with Gasteiger partial charge in [-0.15, -0.1) is 0 Å². The van der Waals surface area contributed by atoms with Crippen LogP contribution in [0.25, 0.3) is 21.5 Å². The molecular formula is C24H22N2O2. The summed E-state index contributed by atoms with van der Waals surface area (Å²) in [5.41, 5.74) is 3.87. The van der Waals surface area contributed by atoms with Gasteiger partial charge < -0.3 is 5.11 Å². The van der Waals surface area contributed by atoms with Gasteiger partial charge >= 0.3 is 5.97 Å². The van der Waals surface area contributed by atoms with Gasteiger partial charge in [0, 0.05) is 5.69 Å². The van der Waals surface area contributed by atoms with Crippen molar-refractivity contribution in [3.63, 3.8) is 0 Å². The van der Waals surface area contributed by atoms with Gasteiger partial charge in [0.05, 0.1) is 0 Å². The van der Waals surface area contributed by atoms with E-state index in [1.807, 2.05) is 0 Å². The van der Waals surface area contributed by atoms with Crippen LogP contribution in [0, 0.1) is 6.92 Å².